The second kappa shape index (κ2) is 14.0. The molecule has 2 aromatic carbocycles. The van der Waals surface area contributed by atoms with E-state index in [1.165, 1.54) is 4.90 Å². The first-order valence-electron chi connectivity index (χ1n) is 11.9. The minimum absolute atomic E-state index is 0.0644. The van der Waals surface area contributed by atoms with Gasteiger partial charge in [0.25, 0.3) is 5.91 Å². The van der Waals surface area contributed by atoms with E-state index < -0.39 is 0 Å². The van der Waals surface area contributed by atoms with Crippen LogP contribution in [0.25, 0.3) is 0 Å². The van der Waals surface area contributed by atoms with Gasteiger partial charge in [0.15, 0.2) is 11.5 Å². The normalized spacial score (nSPS) is 10.7. The lowest BCUT2D eigenvalue weighted by molar-refractivity contribution is -0.132. The highest BCUT2D eigenvalue weighted by molar-refractivity contribution is 7.10. The third kappa shape index (κ3) is 7.95. The highest BCUT2D eigenvalue weighted by Crippen LogP contribution is 2.28. The maximum atomic E-state index is 13.6. The highest BCUT2D eigenvalue weighted by Gasteiger charge is 2.23. The minimum atomic E-state index is -0.264. The lowest BCUT2D eigenvalue weighted by Gasteiger charge is -2.28. The average molecular weight is 545 g/mol. The molecule has 0 aliphatic heterocycles. The number of ether oxygens (including phenoxy) is 3. The second-order valence-electron chi connectivity index (χ2n) is 8.51. The van der Waals surface area contributed by atoms with E-state index in [0.29, 0.717) is 48.2 Å². The Morgan fingerprint density at radius 1 is 0.946 bits per heavy atom. The van der Waals surface area contributed by atoms with E-state index >= 15 is 0 Å². The molecule has 0 fully saturated rings. The van der Waals surface area contributed by atoms with E-state index in [4.69, 9.17) is 25.8 Å². The van der Waals surface area contributed by atoms with Crippen molar-refractivity contribution in [3.8, 4) is 11.5 Å². The van der Waals surface area contributed by atoms with Crippen LogP contribution in [0.2, 0.25) is 5.02 Å². The highest BCUT2D eigenvalue weighted by atomic mass is 35.5. The number of rotatable bonds is 13. The van der Waals surface area contributed by atoms with Crippen LogP contribution < -0.4 is 9.47 Å². The molecular formula is C28H33ClN2O5S. The summed E-state index contributed by atoms with van der Waals surface area (Å²) >= 11 is 7.72. The van der Waals surface area contributed by atoms with Gasteiger partial charge in [-0.2, -0.15) is 0 Å². The van der Waals surface area contributed by atoms with E-state index in [2.05, 4.69) is 0 Å². The summed E-state index contributed by atoms with van der Waals surface area (Å²) in [5, 5.41) is 2.49. The maximum Gasteiger partial charge on any atom is 0.254 e. The van der Waals surface area contributed by atoms with Gasteiger partial charge in [-0.3, -0.25) is 9.59 Å². The molecule has 0 atom stereocenters. The lowest BCUT2D eigenvalue weighted by Crippen LogP contribution is -2.44. The molecule has 0 unspecified atom stereocenters. The Bertz CT molecular complexity index is 1200. The number of halogens is 1. The number of carbonyl (C=O) groups excluding carboxylic acids is 2. The number of carbonyl (C=O) groups is 2. The summed E-state index contributed by atoms with van der Waals surface area (Å²) in [6.45, 7) is 3.53. The Morgan fingerprint density at radius 2 is 1.73 bits per heavy atom. The molecule has 0 N–H and O–H groups in total. The molecule has 0 saturated carbocycles. The minimum Gasteiger partial charge on any atom is -0.493 e. The first-order valence-corrected chi connectivity index (χ1v) is 13.2. The van der Waals surface area contributed by atoms with Crippen molar-refractivity contribution in [3.05, 3.63) is 80.5 Å². The van der Waals surface area contributed by atoms with E-state index in [0.717, 1.165) is 16.0 Å². The smallest absolute Gasteiger partial charge is 0.254 e. The molecule has 37 heavy (non-hydrogen) atoms. The summed E-state index contributed by atoms with van der Waals surface area (Å²) in [5.74, 6) is 0.895. The number of amides is 2. The van der Waals surface area contributed by atoms with Crippen molar-refractivity contribution in [2.75, 3.05) is 47.6 Å². The zero-order chi connectivity index (χ0) is 26.8. The fourth-order valence-corrected chi connectivity index (χ4v) is 4.96. The van der Waals surface area contributed by atoms with Crippen LogP contribution in [0.5, 0.6) is 11.5 Å². The van der Waals surface area contributed by atoms with Crippen molar-refractivity contribution >= 4 is 34.8 Å². The number of hydrogen-bond donors (Lipinski definition) is 0. The molecule has 0 bridgehead atoms. The van der Waals surface area contributed by atoms with Crippen molar-refractivity contribution in [1.29, 1.82) is 0 Å². The van der Waals surface area contributed by atoms with Crippen molar-refractivity contribution < 1.29 is 23.8 Å². The zero-order valence-electron chi connectivity index (χ0n) is 21.7. The third-order valence-electron chi connectivity index (χ3n) is 6.02. The molecule has 3 aromatic rings. The molecule has 1 aromatic heterocycles. The predicted octanol–water partition coefficient (Wildman–Crippen LogP) is 5.09. The fourth-order valence-electron chi connectivity index (χ4n) is 3.85. The largest absolute Gasteiger partial charge is 0.493 e. The Balaban J connectivity index is 1.80. The van der Waals surface area contributed by atoms with Gasteiger partial charge < -0.3 is 24.0 Å². The Labute approximate surface area is 227 Å². The van der Waals surface area contributed by atoms with Crippen LogP contribution in [-0.4, -0.2) is 69.2 Å². The monoisotopic (exact) mass is 544 g/mol. The summed E-state index contributed by atoms with van der Waals surface area (Å²) in [4.78, 5) is 31.3. The van der Waals surface area contributed by atoms with Gasteiger partial charge in [-0.1, -0.05) is 23.7 Å². The van der Waals surface area contributed by atoms with Crippen molar-refractivity contribution in [1.82, 2.24) is 9.80 Å². The van der Waals surface area contributed by atoms with Gasteiger partial charge >= 0.3 is 0 Å². The molecule has 3 rings (SSSR count). The first kappa shape index (κ1) is 28.5. The zero-order valence-corrected chi connectivity index (χ0v) is 23.2. The predicted molar refractivity (Wildman–Crippen MR) is 147 cm³/mol. The van der Waals surface area contributed by atoms with Crippen LogP contribution in [0.4, 0.5) is 0 Å². The molecule has 198 valence electrons. The summed E-state index contributed by atoms with van der Waals surface area (Å²) in [7, 11) is 4.77. The number of thiophene rings is 1. The van der Waals surface area contributed by atoms with Gasteiger partial charge in [0.1, 0.15) is 6.54 Å². The molecule has 0 aliphatic rings. The van der Waals surface area contributed by atoms with Crippen molar-refractivity contribution in [2.24, 2.45) is 0 Å². The Kier molecular flexibility index (Phi) is 10.8. The summed E-state index contributed by atoms with van der Waals surface area (Å²) in [6, 6.07) is 14.5. The van der Waals surface area contributed by atoms with E-state index in [-0.39, 0.29) is 24.9 Å². The van der Waals surface area contributed by atoms with Crippen LogP contribution >= 0.6 is 22.9 Å². The van der Waals surface area contributed by atoms with E-state index in [1.807, 2.05) is 36.6 Å². The molecule has 0 saturated heterocycles. The van der Waals surface area contributed by atoms with Crippen LogP contribution in [0.1, 0.15) is 26.4 Å². The molecular weight excluding hydrogens is 512 g/mol. The number of hydrogen-bond acceptors (Lipinski definition) is 6. The van der Waals surface area contributed by atoms with Crippen LogP contribution in [0.15, 0.2) is 53.9 Å². The number of aryl methyl sites for hydroxylation is 1. The summed E-state index contributed by atoms with van der Waals surface area (Å²) in [6.07, 6.45) is 0.622. The van der Waals surface area contributed by atoms with Gasteiger partial charge in [0.2, 0.25) is 5.91 Å². The topological polar surface area (TPSA) is 68.3 Å². The second-order valence-corrected chi connectivity index (χ2v) is 9.95. The van der Waals surface area contributed by atoms with Gasteiger partial charge in [-0.25, -0.2) is 0 Å². The van der Waals surface area contributed by atoms with Gasteiger partial charge in [-0.15, -0.1) is 11.3 Å². The van der Waals surface area contributed by atoms with Gasteiger partial charge in [-0.05, 0) is 66.2 Å². The standard InChI is InChI=1S/C28H33ClN2O5S/c1-20-11-15-37-26(20)18-30(12-10-21-8-9-24(35-3)25(16-21)36-4)27(32)19-31(13-14-34-2)28(33)22-6-5-7-23(29)17-22/h5-9,11,15-17H,10,12-14,18-19H2,1-4H3. The summed E-state index contributed by atoms with van der Waals surface area (Å²) in [5.41, 5.74) is 2.59. The van der Waals surface area contributed by atoms with E-state index in [9.17, 15) is 9.59 Å². The Morgan fingerprint density at radius 3 is 2.38 bits per heavy atom. The fraction of sp³-hybridized carbons (Fsp3) is 0.357. The number of nitrogens with zero attached hydrogens (tertiary/aromatic N) is 2. The van der Waals surface area contributed by atoms with Crippen LogP contribution in [0.3, 0.4) is 0 Å². The quantitative estimate of drug-likeness (QED) is 0.300. The maximum absolute atomic E-state index is 13.6. The van der Waals surface area contributed by atoms with E-state index in [1.54, 1.807) is 61.8 Å². The molecule has 9 heteroatoms. The molecule has 2 amide bonds. The average Bonchev–Trinajstić information content (AvgIpc) is 3.32. The number of methoxy groups -OCH3 is 3. The lowest BCUT2D eigenvalue weighted by atomic mass is 10.1. The molecule has 1 heterocycles. The molecule has 7 nitrogen and oxygen atoms in total. The van der Waals surface area contributed by atoms with Crippen molar-refractivity contribution in [3.63, 3.8) is 0 Å². The summed E-state index contributed by atoms with van der Waals surface area (Å²) < 4.78 is 16.0. The third-order valence-corrected chi connectivity index (χ3v) is 7.27. The molecule has 0 spiro atoms. The SMILES string of the molecule is COCCN(CC(=O)N(CCc1ccc(OC)c(OC)c1)Cc1sccc1C)C(=O)c1cccc(Cl)c1. The van der Waals surface area contributed by atoms with Gasteiger partial charge in [0, 0.05) is 35.7 Å². The first-order chi connectivity index (χ1) is 17.9. The van der Waals surface area contributed by atoms with Crippen LogP contribution in [0, 0.1) is 6.92 Å². The number of benzene rings is 2. The molecule has 0 aliphatic carbocycles. The molecule has 0 radical (unpaired) electrons. The van der Waals surface area contributed by atoms with Crippen LogP contribution in [-0.2, 0) is 22.5 Å². The van der Waals surface area contributed by atoms with Crippen molar-refractivity contribution in [2.45, 2.75) is 19.9 Å². The van der Waals surface area contributed by atoms with Gasteiger partial charge in [0.05, 0.1) is 27.4 Å². The Hall–Kier alpha value is -3.07.